The first-order valence-electron chi connectivity index (χ1n) is 2.18. The van der Waals surface area contributed by atoms with Crippen molar-refractivity contribution in [3.05, 3.63) is 0 Å². The Kier molecular flexibility index (Phi) is 3.33. The Morgan fingerprint density at radius 1 is 1.50 bits per heavy atom. The van der Waals surface area contributed by atoms with E-state index in [0.717, 1.165) is 5.92 Å². The molecule has 0 saturated carbocycles. The quantitative estimate of drug-likeness (QED) is 0.331. The molecule has 0 aromatic carbocycles. The average Bonchev–Trinajstić information content (AvgIpc) is 1.78. The summed E-state index contributed by atoms with van der Waals surface area (Å²) in [5.41, 5.74) is 0. The lowest BCUT2D eigenvalue weighted by molar-refractivity contribution is -0.127. The van der Waals surface area contributed by atoms with Crippen molar-refractivity contribution in [3.63, 3.8) is 0 Å². The fourth-order valence-electron chi connectivity index (χ4n) is 0.212. The summed E-state index contributed by atoms with van der Waals surface area (Å²) in [7, 11) is 0. The molecular formula is C5H3F3O2. The van der Waals surface area contributed by atoms with E-state index in [2.05, 4.69) is 4.74 Å². The van der Waals surface area contributed by atoms with Crippen LogP contribution >= 0.6 is 0 Å². The maximum atomic E-state index is 11.2. The number of alkyl halides is 3. The monoisotopic (exact) mass is 152 g/mol. The maximum Gasteiger partial charge on any atom is 0.457 e. The van der Waals surface area contributed by atoms with Gasteiger partial charge in [-0.25, -0.2) is 0 Å². The van der Waals surface area contributed by atoms with Crippen LogP contribution in [-0.4, -0.2) is 19.3 Å². The summed E-state index contributed by atoms with van der Waals surface area (Å²) in [6.07, 6.45) is -4.51. The van der Waals surface area contributed by atoms with Gasteiger partial charge in [0.15, 0.2) is 6.61 Å². The third-order valence-electron chi connectivity index (χ3n) is 0.454. The van der Waals surface area contributed by atoms with Crippen molar-refractivity contribution in [2.75, 3.05) is 6.61 Å². The number of ether oxygens (including phenoxy) is 1. The predicted molar refractivity (Wildman–Crippen MR) is 25.8 cm³/mol. The smallest absolute Gasteiger partial charge is 0.455 e. The number of hydrogen-bond donors (Lipinski definition) is 0. The highest BCUT2D eigenvalue weighted by Crippen LogP contribution is 2.11. The van der Waals surface area contributed by atoms with Crippen LogP contribution in [0.1, 0.15) is 0 Å². The van der Waals surface area contributed by atoms with Gasteiger partial charge in [-0.2, -0.15) is 13.2 Å². The summed E-state index contributed by atoms with van der Waals surface area (Å²) in [5.74, 6) is 2.52. The predicted octanol–water partition coefficient (Wildman–Crippen LogP) is 0.725. The van der Waals surface area contributed by atoms with Crippen LogP contribution in [0.2, 0.25) is 0 Å². The van der Waals surface area contributed by atoms with E-state index in [9.17, 15) is 18.0 Å². The molecule has 0 aliphatic rings. The van der Waals surface area contributed by atoms with E-state index in [0.29, 0.717) is 0 Å². The molecule has 0 N–H and O–H groups in total. The first-order chi connectivity index (χ1) is 4.56. The second kappa shape index (κ2) is 3.77. The van der Waals surface area contributed by atoms with Crippen molar-refractivity contribution in [1.82, 2.24) is 0 Å². The fraction of sp³-hybridized carbons (Fsp3) is 0.400. The highest BCUT2D eigenvalue weighted by atomic mass is 19.4. The van der Waals surface area contributed by atoms with Crippen molar-refractivity contribution >= 4 is 6.47 Å². The number of carbonyl (C=O) groups excluding carboxylic acids is 1. The molecule has 0 amide bonds. The molecule has 10 heavy (non-hydrogen) atoms. The Balaban J connectivity index is 3.59. The second-order valence-electron chi connectivity index (χ2n) is 1.21. The van der Waals surface area contributed by atoms with Gasteiger partial charge in [0.2, 0.25) is 0 Å². The lowest BCUT2D eigenvalue weighted by atomic mass is 10.6. The van der Waals surface area contributed by atoms with Crippen LogP contribution in [0.3, 0.4) is 0 Å². The van der Waals surface area contributed by atoms with Crippen molar-refractivity contribution in [2.45, 2.75) is 6.18 Å². The Labute approximate surface area is 55.0 Å². The summed E-state index contributed by atoms with van der Waals surface area (Å²) in [6, 6.07) is 0. The van der Waals surface area contributed by atoms with E-state index >= 15 is 0 Å². The number of rotatable bonds is 2. The van der Waals surface area contributed by atoms with E-state index in [-0.39, 0.29) is 6.47 Å². The number of hydrogen-bond acceptors (Lipinski definition) is 2. The highest BCUT2D eigenvalue weighted by molar-refractivity contribution is 5.37. The Bertz CT molecular complexity index is 162. The van der Waals surface area contributed by atoms with E-state index in [1.807, 2.05) is 0 Å². The Morgan fingerprint density at radius 2 is 2.10 bits per heavy atom. The molecule has 0 rings (SSSR count). The first kappa shape index (κ1) is 8.82. The molecule has 5 heteroatoms. The maximum absolute atomic E-state index is 11.2. The SMILES string of the molecule is O=COCC#CC(F)(F)F. The topological polar surface area (TPSA) is 26.3 Å². The summed E-state index contributed by atoms with van der Waals surface area (Å²) >= 11 is 0. The van der Waals surface area contributed by atoms with Gasteiger partial charge in [-0.3, -0.25) is 4.79 Å². The summed E-state index contributed by atoms with van der Waals surface area (Å²) < 4.78 is 37.4. The normalized spacial score (nSPS) is 9.50. The Morgan fingerprint density at radius 3 is 2.50 bits per heavy atom. The zero-order chi connectivity index (χ0) is 8.04. The minimum Gasteiger partial charge on any atom is -0.455 e. The van der Waals surface area contributed by atoms with Gasteiger partial charge in [0, 0.05) is 5.92 Å². The molecule has 0 fully saturated rings. The van der Waals surface area contributed by atoms with Crippen LogP contribution in [0.4, 0.5) is 13.2 Å². The van der Waals surface area contributed by atoms with Gasteiger partial charge >= 0.3 is 6.18 Å². The molecule has 0 aliphatic carbocycles. The zero-order valence-electron chi connectivity index (χ0n) is 4.73. The third kappa shape index (κ3) is 6.82. The molecule has 0 atom stereocenters. The van der Waals surface area contributed by atoms with Crippen LogP contribution in [0.5, 0.6) is 0 Å². The van der Waals surface area contributed by atoms with Crippen LogP contribution in [0.25, 0.3) is 0 Å². The van der Waals surface area contributed by atoms with Crippen LogP contribution in [0, 0.1) is 11.8 Å². The van der Waals surface area contributed by atoms with Crippen LogP contribution < -0.4 is 0 Å². The van der Waals surface area contributed by atoms with Gasteiger partial charge in [-0.1, -0.05) is 5.92 Å². The Hall–Kier alpha value is -1.18. The van der Waals surface area contributed by atoms with Crippen molar-refractivity contribution in [2.24, 2.45) is 0 Å². The van der Waals surface area contributed by atoms with Gasteiger partial charge in [0.05, 0.1) is 0 Å². The molecule has 0 spiro atoms. The van der Waals surface area contributed by atoms with Crippen LogP contribution in [0.15, 0.2) is 0 Å². The largest absolute Gasteiger partial charge is 0.457 e. The molecule has 0 bridgehead atoms. The number of halogens is 3. The molecule has 56 valence electrons. The zero-order valence-corrected chi connectivity index (χ0v) is 4.73. The van der Waals surface area contributed by atoms with Crippen molar-refractivity contribution in [3.8, 4) is 11.8 Å². The third-order valence-corrected chi connectivity index (χ3v) is 0.454. The standard InChI is InChI=1S/C5H3F3O2/c6-5(7,8)2-1-3-10-4-9/h4H,3H2. The molecule has 2 nitrogen and oxygen atoms in total. The second-order valence-corrected chi connectivity index (χ2v) is 1.21. The number of carbonyl (C=O) groups is 1. The molecule has 0 unspecified atom stereocenters. The summed E-state index contributed by atoms with van der Waals surface area (Å²) in [5, 5.41) is 0. The molecule has 0 radical (unpaired) electrons. The summed E-state index contributed by atoms with van der Waals surface area (Å²) in [4.78, 5) is 9.36. The average molecular weight is 152 g/mol. The minimum atomic E-state index is -4.51. The fourth-order valence-corrected chi connectivity index (χ4v) is 0.212. The van der Waals surface area contributed by atoms with Gasteiger partial charge in [0.1, 0.15) is 0 Å². The van der Waals surface area contributed by atoms with Gasteiger partial charge in [-0.05, 0) is 0 Å². The highest BCUT2D eigenvalue weighted by Gasteiger charge is 2.22. The van der Waals surface area contributed by atoms with Gasteiger partial charge in [0.25, 0.3) is 6.47 Å². The molecular weight excluding hydrogens is 149 g/mol. The molecule has 0 aromatic heterocycles. The molecule has 0 aromatic rings. The summed E-state index contributed by atoms with van der Waals surface area (Å²) in [6.45, 7) is -0.492. The molecule has 0 saturated heterocycles. The van der Waals surface area contributed by atoms with Gasteiger partial charge < -0.3 is 4.74 Å². The van der Waals surface area contributed by atoms with Crippen molar-refractivity contribution < 1.29 is 22.7 Å². The van der Waals surface area contributed by atoms with Crippen molar-refractivity contribution in [1.29, 1.82) is 0 Å². The lowest BCUT2D eigenvalue weighted by Crippen LogP contribution is -2.02. The van der Waals surface area contributed by atoms with E-state index in [4.69, 9.17) is 0 Å². The van der Waals surface area contributed by atoms with Crippen LogP contribution in [-0.2, 0) is 9.53 Å². The molecule has 0 aliphatic heterocycles. The van der Waals surface area contributed by atoms with E-state index in [1.54, 1.807) is 5.92 Å². The van der Waals surface area contributed by atoms with E-state index in [1.165, 1.54) is 0 Å². The molecule has 0 heterocycles. The van der Waals surface area contributed by atoms with E-state index < -0.39 is 12.8 Å². The minimum absolute atomic E-state index is 0.0328. The lowest BCUT2D eigenvalue weighted by Gasteiger charge is -1.91. The first-order valence-corrected chi connectivity index (χ1v) is 2.18. The van der Waals surface area contributed by atoms with Gasteiger partial charge in [-0.15, -0.1) is 0 Å².